The standard InChI is InChI=1S/C58H103NO3/c1-3-5-7-9-11-13-15-17-19-21-23-24-25-26-27-28-29-30-31-32-33-34-36-38-40-42-44-46-48-50-52-54-58(62)59-56(55-60)57(61)53-51-49-47-45-43-41-39-37-35-22-20-18-16-14-12-10-8-6-4-2/h5,7,11,13,17,19,23-24,26-27,29-30,32-33,56-57,60-61H,3-4,6,8-10,12,14-16,18,20-22,25,28,31,34-55H2,1-2H3,(H,59,62)/b7-5-,13-11-,19-17-,24-23-,27-26-,30-29-,33-32-. The van der Waals surface area contributed by atoms with Crippen molar-refractivity contribution in [3.8, 4) is 0 Å². The van der Waals surface area contributed by atoms with Gasteiger partial charge in [-0.2, -0.15) is 0 Å². The van der Waals surface area contributed by atoms with Crippen LogP contribution < -0.4 is 5.32 Å². The molecule has 0 aromatic heterocycles. The predicted molar refractivity (Wildman–Crippen MR) is 276 cm³/mol. The molecule has 0 spiro atoms. The van der Waals surface area contributed by atoms with Gasteiger partial charge in [0.2, 0.25) is 5.91 Å². The number of allylic oxidation sites excluding steroid dienone is 14. The molecule has 4 heteroatoms. The maximum atomic E-state index is 12.5. The predicted octanol–water partition coefficient (Wildman–Crippen LogP) is 17.6. The van der Waals surface area contributed by atoms with Gasteiger partial charge < -0.3 is 15.5 Å². The van der Waals surface area contributed by atoms with Crippen molar-refractivity contribution in [3.63, 3.8) is 0 Å². The van der Waals surface area contributed by atoms with Crippen LogP contribution in [0.15, 0.2) is 85.1 Å². The molecular weight excluding hydrogens is 759 g/mol. The molecule has 3 N–H and O–H groups in total. The van der Waals surface area contributed by atoms with Crippen molar-refractivity contribution in [2.75, 3.05) is 6.61 Å². The third-order valence-electron chi connectivity index (χ3n) is 11.9. The third kappa shape index (κ3) is 48.6. The fourth-order valence-electron chi connectivity index (χ4n) is 7.87. The summed E-state index contributed by atoms with van der Waals surface area (Å²) in [6.45, 7) is 4.25. The monoisotopic (exact) mass is 862 g/mol. The van der Waals surface area contributed by atoms with Crippen LogP contribution in [0.2, 0.25) is 0 Å². The van der Waals surface area contributed by atoms with Gasteiger partial charge in [0.15, 0.2) is 0 Å². The molecule has 4 nitrogen and oxygen atoms in total. The molecule has 0 heterocycles. The lowest BCUT2D eigenvalue weighted by molar-refractivity contribution is -0.123. The van der Waals surface area contributed by atoms with E-state index in [1.807, 2.05) is 0 Å². The van der Waals surface area contributed by atoms with Gasteiger partial charge in [0, 0.05) is 6.42 Å². The zero-order valence-electron chi connectivity index (χ0n) is 41.1. The molecule has 0 saturated heterocycles. The Bertz CT molecular complexity index is 1110. The number of unbranched alkanes of at least 4 members (excludes halogenated alkanes) is 27. The molecule has 0 fully saturated rings. The van der Waals surface area contributed by atoms with E-state index in [1.165, 1.54) is 161 Å². The Kier molecular flexibility index (Phi) is 50.8. The molecule has 2 atom stereocenters. The van der Waals surface area contributed by atoms with Crippen LogP contribution in [0.1, 0.15) is 258 Å². The van der Waals surface area contributed by atoms with Gasteiger partial charge in [-0.1, -0.05) is 266 Å². The van der Waals surface area contributed by atoms with Crippen LogP contribution in [-0.2, 0) is 4.79 Å². The maximum Gasteiger partial charge on any atom is 0.220 e. The average Bonchev–Trinajstić information content (AvgIpc) is 3.28. The van der Waals surface area contributed by atoms with Crippen LogP contribution in [-0.4, -0.2) is 34.9 Å². The van der Waals surface area contributed by atoms with Crippen molar-refractivity contribution in [3.05, 3.63) is 85.1 Å². The first kappa shape index (κ1) is 59.6. The van der Waals surface area contributed by atoms with Gasteiger partial charge in [0.25, 0.3) is 0 Å². The summed E-state index contributed by atoms with van der Waals surface area (Å²) in [5, 5.41) is 23.3. The number of aliphatic hydroxyl groups is 2. The summed E-state index contributed by atoms with van der Waals surface area (Å²) in [6, 6.07) is -0.545. The quantitative estimate of drug-likeness (QED) is 0.0422. The molecule has 0 aliphatic heterocycles. The molecule has 0 aliphatic rings. The van der Waals surface area contributed by atoms with Gasteiger partial charge in [-0.15, -0.1) is 0 Å². The number of hydrogen-bond acceptors (Lipinski definition) is 3. The van der Waals surface area contributed by atoms with E-state index in [0.717, 1.165) is 70.6 Å². The van der Waals surface area contributed by atoms with Crippen molar-refractivity contribution >= 4 is 5.91 Å². The highest BCUT2D eigenvalue weighted by atomic mass is 16.3. The van der Waals surface area contributed by atoms with Crippen LogP contribution in [0.25, 0.3) is 0 Å². The van der Waals surface area contributed by atoms with Crippen LogP contribution in [0.5, 0.6) is 0 Å². The first-order valence-electron chi connectivity index (χ1n) is 26.8. The Balaban J connectivity index is 3.55. The summed E-state index contributed by atoms with van der Waals surface area (Å²) in [6.07, 6.45) is 76.9. The van der Waals surface area contributed by atoms with Gasteiger partial charge in [0.05, 0.1) is 18.8 Å². The molecule has 0 saturated carbocycles. The van der Waals surface area contributed by atoms with E-state index in [9.17, 15) is 15.0 Å². The molecule has 0 radical (unpaired) electrons. The summed E-state index contributed by atoms with van der Waals surface area (Å²) >= 11 is 0. The van der Waals surface area contributed by atoms with E-state index in [2.05, 4.69) is 104 Å². The first-order chi connectivity index (χ1) is 30.7. The van der Waals surface area contributed by atoms with Gasteiger partial charge in [0.1, 0.15) is 0 Å². The molecule has 0 aromatic carbocycles. The zero-order valence-corrected chi connectivity index (χ0v) is 41.1. The molecule has 0 aliphatic carbocycles. The lowest BCUT2D eigenvalue weighted by atomic mass is 10.0. The average molecular weight is 862 g/mol. The molecular formula is C58H103NO3. The lowest BCUT2D eigenvalue weighted by Gasteiger charge is -2.22. The number of rotatable bonds is 48. The highest BCUT2D eigenvalue weighted by Crippen LogP contribution is 2.16. The SMILES string of the molecule is CC/C=C\C/C=C\C/C=C\C/C=C\C/C=C\C/C=C\C/C=C\CCCCCCCCCCCC(=O)NC(CO)C(O)CCCCCCCCCCCCCCCCCCCCC. The van der Waals surface area contributed by atoms with E-state index in [0.29, 0.717) is 12.8 Å². The van der Waals surface area contributed by atoms with Crippen molar-refractivity contribution in [1.29, 1.82) is 0 Å². The van der Waals surface area contributed by atoms with E-state index in [-0.39, 0.29) is 12.5 Å². The zero-order chi connectivity index (χ0) is 44.9. The minimum Gasteiger partial charge on any atom is -0.394 e. The smallest absolute Gasteiger partial charge is 0.220 e. The Morgan fingerprint density at radius 3 is 1.06 bits per heavy atom. The molecule has 1 amide bonds. The Morgan fingerprint density at radius 2 is 0.710 bits per heavy atom. The second-order valence-corrected chi connectivity index (χ2v) is 17.9. The third-order valence-corrected chi connectivity index (χ3v) is 11.9. The first-order valence-corrected chi connectivity index (χ1v) is 26.8. The van der Waals surface area contributed by atoms with Crippen molar-refractivity contribution in [2.45, 2.75) is 270 Å². The number of carbonyl (C=O) groups is 1. The number of carbonyl (C=O) groups excluding carboxylic acids is 1. The van der Waals surface area contributed by atoms with E-state index >= 15 is 0 Å². The van der Waals surface area contributed by atoms with Gasteiger partial charge in [-0.05, 0) is 70.6 Å². The topological polar surface area (TPSA) is 69.6 Å². The summed E-state index contributed by atoms with van der Waals surface area (Å²) in [5.41, 5.74) is 0. The summed E-state index contributed by atoms with van der Waals surface area (Å²) in [5.74, 6) is -0.0392. The normalized spacial score (nSPS) is 13.5. The van der Waals surface area contributed by atoms with E-state index in [1.54, 1.807) is 0 Å². The van der Waals surface area contributed by atoms with Gasteiger partial charge >= 0.3 is 0 Å². The van der Waals surface area contributed by atoms with Crippen molar-refractivity contribution in [2.24, 2.45) is 0 Å². The molecule has 0 rings (SSSR count). The van der Waals surface area contributed by atoms with Crippen molar-refractivity contribution in [1.82, 2.24) is 5.32 Å². The Hall–Kier alpha value is -2.43. The molecule has 358 valence electrons. The fraction of sp³-hybridized carbons (Fsp3) is 0.741. The second-order valence-electron chi connectivity index (χ2n) is 17.9. The highest BCUT2D eigenvalue weighted by molar-refractivity contribution is 5.76. The summed E-state index contributed by atoms with van der Waals surface area (Å²) < 4.78 is 0. The molecule has 2 unspecified atom stereocenters. The van der Waals surface area contributed by atoms with Crippen LogP contribution in [0.3, 0.4) is 0 Å². The van der Waals surface area contributed by atoms with E-state index in [4.69, 9.17) is 0 Å². The molecule has 62 heavy (non-hydrogen) atoms. The van der Waals surface area contributed by atoms with Gasteiger partial charge in [-0.3, -0.25) is 4.79 Å². The lowest BCUT2D eigenvalue weighted by Crippen LogP contribution is -2.45. The fourth-order valence-corrected chi connectivity index (χ4v) is 7.87. The number of nitrogens with one attached hydrogen (secondary N) is 1. The Morgan fingerprint density at radius 1 is 0.403 bits per heavy atom. The minimum atomic E-state index is -0.667. The van der Waals surface area contributed by atoms with Crippen LogP contribution in [0.4, 0.5) is 0 Å². The molecule has 0 aromatic rings. The largest absolute Gasteiger partial charge is 0.394 e. The Labute approximate surface area is 386 Å². The van der Waals surface area contributed by atoms with Crippen LogP contribution >= 0.6 is 0 Å². The van der Waals surface area contributed by atoms with Crippen molar-refractivity contribution < 1.29 is 15.0 Å². The number of hydrogen-bond donors (Lipinski definition) is 3. The molecule has 0 bridgehead atoms. The number of amides is 1. The minimum absolute atomic E-state index is 0.0392. The second kappa shape index (κ2) is 52.9. The van der Waals surface area contributed by atoms with Crippen LogP contribution in [0, 0.1) is 0 Å². The summed E-state index contributed by atoms with van der Waals surface area (Å²) in [4.78, 5) is 12.5. The summed E-state index contributed by atoms with van der Waals surface area (Å²) in [7, 11) is 0. The number of aliphatic hydroxyl groups excluding tert-OH is 2. The van der Waals surface area contributed by atoms with E-state index < -0.39 is 12.1 Å². The van der Waals surface area contributed by atoms with Gasteiger partial charge in [-0.25, -0.2) is 0 Å². The maximum absolute atomic E-state index is 12.5. The highest BCUT2D eigenvalue weighted by Gasteiger charge is 2.20.